The van der Waals surface area contributed by atoms with E-state index in [-0.39, 0.29) is 5.91 Å². The summed E-state index contributed by atoms with van der Waals surface area (Å²) in [5, 5.41) is 6.47. The van der Waals surface area contributed by atoms with Gasteiger partial charge < -0.3 is 5.32 Å². The molecule has 1 N–H and O–H groups in total. The van der Waals surface area contributed by atoms with E-state index in [0.29, 0.717) is 0 Å². The van der Waals surface area contributed by atoms with Gasteiger partial charge in [0.2, 0.25) is 5.91 Å². The summed E-state index contributed by atoms with van der Waals surface area (Å²) in [4.78, 5) is 11.9. The molecule has 4 heteroatoms. The van der Waals surface area contributed by atoms with Crippen molar-refractivity contribution >= 4 is 40.2 Å². The largest absolute Gasteiger partial charge is 0.324 e. The fourth-order valence-electron chi connectivity index (χ4n) is 3.73. The van der Waals surface area contributed by atoms with Crippen molar-refractivity contribution in [2.75, 3.05) is 5.32 Å². The molecule has 0 fully saturated rings. The van der Waals surface area contributed by atoms with Crippen molar-refractivity contribution in [2.45, 2.75) is 13.8 Å². The van der Waals surface area contributed by atoms with Crippen molar-refractivity contribution in [3.05, 3.63) is 115 Å². The van der Waals surface area contributed by atoms with E-state index in [1.807, 2.05) is 37.3 Å². The maximum absolute atomic E-state index is 11.9. The van der Waals surface area contributed by atoms with Crippen molar-refractivity contribution in [3.63, 3.8) is 0 Å². The number of aryl methyl sites for hydroxylation is 1. The summed E-state index contributed by atoms with van der Waals surface area (Å²) in [6.45, 7) is 3.57. The SMILES string of the molecule is CC(=O)Nc1ccc(C)cc1N=P(c1ccccc1)(c1ccccc1)c1ccccc1. The fourth-order valence-corrected chi connectivity index (χ4v) is 7.27. The second kappa shape index (κ2) is 9.16. The fraction of sp³-hybridized carbons (Fsp3) is 0.0741. The Kier molecular flexibility index (Phi) is 6.16. The first-order valence-corrected chi connectivity index (χ1v) is 12.0. The van der Waals surface area contributed by atoms with Crippen molar-refractivity contribution in [1.29, 1.82) is 0 Å². The predicted octanol–water partition coefficient (Wildman–Crippen LogP) is 5.76. The van der Waals surface area contributed by atoms with Crippen LogP contribution in [0.3, 0.4) is 0 Å². The molecule has 0 saturated heterocycles. The van der Waals surface area contributed by atoms with Gasteiger partial charge in [-0.2, -0.15) is 0 Å². The number of amides is 1. The first-order chi connectivity index (χ1) is 15.1. The van der Waals surface area contributed by atoms with Gasteiger partial charge in [-0.1, -0.05) is 97.1 Å². The summed E-state index contributed by atoms with van der Waals surface area (Å²) in [6, 6.07) is 37.4. The van der Waals surface area contributed by atoms with Gasteiger partial charge in [0.25, 0.3) is 0 Å². The molecule has 0 aliphatic rings. The molecule has 4 aromatic rings. The number of carbonyl (C=O) groups excluding carboxylic acids is 1. The highest BCUT2D eigenvalue weighted by atomic mass is 31.2. The van der Waals surface area contributed by atoms with E-state index in [1.165, 1.54) is 22.8 Å². The molecule has 1 amide bonds. The lowest BCUT2D eigenvalue weighted by atomic mass is 10.2. The molecule has 0 spiro atoms. The molecule has 31 heavy (non-hydrogen) atoms. The van der Waals surface area contributed by atoms with Gasteiger partial charge >= 0.3 is 0 Å². The van der Waals surface area contributed by atoms with Crippen molar-refractivity contribution in [3.8, 4) is 0 Å². The van der Waals surface area contributed by atoms with Crippen LogP contribution in [0.1, 0.15) is 12.5 Å². The Hall–Kier alpha value is -3.42. The van der Waals surface area contributed by atoms with Crippen LogP contribution >= 0.6 is 7.05 Å². The minimum atomic E-state index is -2.39. The lowest BCUT2D eigenvalue weighted by Gasteiger charge is -2.27. The van der Waals surface area contributed by atoms with Gasteiger partial charge in [-0.05, 0) is 24.6 Å². The lowest BCUT2D eigenvalue weighted by Crippen LogP contribution is -2.25. The molecule has 4 aromatic carbocycles. The quantitative estimate of drug-likeness (QED) is 0.407. The van der Waals surface area contributed by atoms with Crippen LogP contribution in [0.4, 0.5) is 11.4 Å². The van der Waals surface area contributed by atoms with Crippen LogP contribution in [-0.4, -0.2) is 5.91 Å². The monoisotopic (exact) mass is 424 g/mol. The van der Waals surface area contributed by atoms with Gasteiger partial charge in [0.15, 0.2) is 0 Å². The van der Waals surface area contributed by atoms with Crippen LogP contribution in [0.25, 0.3) is 0 Å². The van der Waals surface area contributed by atoms with E-state index in [9.17, 15) is 4.79 Å². The molecule has 0 radical (unpaired) electrons. The number of nitrogens with zero attached hydrogens (tertiary/aromatic N) is 1. The number of hydrogen-bond donors (Lipinski definition) is 1. The number of rotatable bonds is 5. The predicted molar refractivity (Wildman–Crippen MR) is 133 cm³/mol. The average Bonchev–Trinajstić information content (AvgIpc) is 2.80. The van der Waals surface area contributed by atoms with E-state index in [2.05, 4.69) is 84.2 Å². The molecule has 0 saturated carbocycles. The van der Waals surface area contributed by atoms with Gasteiger partial charge in [0, 0.05) is 22.8 Å². The Balaban J connectivity index is 2.14. The minimum Gasteiger partial charge on any atom is -0.324 e. The third-order valence-corrected chi connectivity index (χ3v) is 8.76. The Morgan fingerprint density at radius 2 is 1.16 bits per heavy atom. The molecule has 0 aliphatic heterocycles. The highest BCUT2D eigenvalue weighted by Crippen LogP contribution is 2.50. The van der Waals surface area contributed by atoms with E-state index in [1.54, 1.807) is 0 Å². The summed E-state index contributed by atoms with van der Waals surface area (Å²) >= 11 is 0. The average molecular weight is 424 g/mol. The molecule has 0 atom stereocenters. The number of carbonyl (C=O) groups is 1. The van der Waals surface area contributed by atoms with Crippen molar-refractivity contribution in [1.82, 2.24) is 0 Å². The molecule has 0 heterocycles. The summed E-state index contributed by atoms with van der Waals surface area (Å²) in [7, 11) is -2.39. The zero-order chi connectivity index (χ0) is 21.7. The van der Waals surface area contributed by atoms with Crippen LogP contribution < -0.4 is 21.2 Å². The summed E-state index contributed by atoms with van der Waals surface area (Å²) in [5.41, 5.74) is 2.62. The van der Waals surface area contributed by atoms with Gasteiger partial charge in [0.1, 0.15) is 0 Å². The third kappa shape index (κ3) is 4.38. The molecular formula is C27H25N2OP. The molecule has 0 aliphatic carbocycles. The molecule has 0 aromatic heterocycles. The number of hydrogen-bond acceptors (Lipinski definition) is 2. The van der Waals surface area contributed by atoms with Crippen LogP contribution in [0.2, 0.25) is 0 Å². The summed E-state index contributed by atoms with van der Waals surface area (Å²) < 4.78 is 5.51. The zero-order valence-electron chi connectivity index (χ0n) is 17.7. The van der Waals surface area contributed by atoms with Gasteiger partial charge in [0.05, 0.1) is 18.4 Å². The van der Waals surface area contributed by atoms with E-state index in [0.717, 1.165) is 16.9 Å². The molecule has 4 rings (SSSR count). The number of anilines is 1. The van der Waals surface area contributed by atoms with Crippen LogP contribution in [-0.2, 0) is 4.79 Å². The van der Waals surface area contributed by atoms with Crippen molar-refractivity contribution in [2.24, 2.45) is 4.74 Å². The Labute approximate surface area is 183 Å². The maximum Gasteiger partial charge on any atom is 0.221 e. The molecule has 0 unspecified atom stereocenters. The Morgan fingerprint density at radius 1 is 0.710 bits per heavy atom. The van der Waals surface area contributed by atoms with Crippen LogP contribution in [0.15, 0.2) is 114 Å². The second-order valence-electron chi connectivity index (χ2n) is 7.44. The molecule has 3 nitrogen and oxygen atoms in total. The smallest absolute Gasteiger partial charge is 0.221 e. The lowest BCUT2D eigenvalue weighted by molar-refractivity contribution is -0.114. The highest BCUT2D eigenvalue weighted by molar-refractivity contribution is 7.87. The first-order valence-electron chi connectivity index (χ1n) is 10.3. The van der Waals surface area contributed by atoms with Gasteiger partial charge in [-0.25, -0.2) is 0 Å². The first kappa shape index (κ1) is 20.8. The van der Waals surface area contributed by atoms with Gasteiger partial charge in [-0.15, -0.1) is 0 Å². The topological polar surface area (TPSA) is 41.5 Å². The van der Waals surface area contributed by atoms with Gasteiger partial charge in [-0.3, -0.25) is 9.54 Å². The zero-order valence-corrected chi connectivity index (χ0v) is 18.6. The summed E-state index contributed by atoms with van der Waals surface area (Å²) in [5.74, 6) is -0.108. The number of benzene rings is 4. The Bertz CT molecular complexity index is 1130. The van der Waals surface area contributed by atoms with E-state index < -0.39 is 7.05 Å². The molecular weight excluding hydrogens is 399 g/mol. The highest BCUT2D eigenvalue weighted by Gasteiger charge is 2.27. The Morgan fingerprint density at radius 3 is 1.58 bits per heavy atom. The molecule has 154 valence electrons. The molecule has 0 bridgehead atoms. The van der Waals surface area contributed by atoms with Crippen LogP contribution in [0.5, 0.6) is 0 Å². The standard InChI is InChI=1S/C27H25N2OP/c1-21-18-19-26(28-22(2)30)27(20-21)29-31(23-12-6-3-7-13-23,24-14-8-4-9-15-24)25-16-10-5-11-17-25/h3-20H,1-2H3,(H,28,30). The van der Waals surface area contributed by atoms with Crippen molar-refractivity contribution < 1.29 is 4.79 Å². The number of nitrogens with one attached hydrogen (secondary N) is 1. The van der Waals surface area contributed by atoms with E-state index >= 15 is 0 Å². The minimum absolute atomic E-state index is 0.108. The van der Waals surface area contributed by atoms with Crippen LogP contribution in [0, 0.1) is 6.92 Å². The second-order valence-corrected chi connectivity index (χ2v) is 10.5. The maximum atomic E-state index is 11.9. The van der Waals surface area contributed by atoms with E-state index in [4.69, 9.17) is 4.74 Å². The third-order valence-electron chi connectivity index (χ3n) is 5.11. The summed E-state index contributed by atoms with van der Waals surface area (Å²) in [6.07, 6.45) is 0. The normalized spacial score (nSPS) is 11.0.